The maximum Gasteiger partial charge on any atom is 0.312 e. The van der Waals surface area contributed by atoms with Gasteiger partial charge in [-0.2, -0.15) is 0 Å². The highest BCUT2D eigenvalue weighted by Crippen LogP contribution is 2.40. The van der Waals surface area contributed by atoms with Gasteiger partial charge in [0.25, 0.3) is 0 Å². The van der Waals surface area contributed by atoms with E-state index in [0.29, 0.717) is 4.47 Å². The van der Waals surface area contributed by atoms with Gasteiger partial charge in [0, 0.05) is 17.6 Å². The van der Waals surface area contributed by atoms with Gasteiger partial charge in [0.2, 0.25) is 0 Å². The summed E-state index contributed by atoms with van der Waals surface area (Å²) in [5.41, 5.74) is 2.96. The lowest BCUT2D eigenvalue weighted by Gasteiger charge is -2.37. The Labute approximate surface area is 155 Å². The zero-order valence-electron chi connectivity index (χ0n) is 14.3. The number of benzene rings is 2. The van der Waals surface area contributed by atoms with Crippen molar-refractivity contribution in [1.82, 2.24) is 0 Å². The topological polar surface area (TPSA) is 61.6 Å². The molecule has 2 aromatic carbocycles. The highest BCUT2D eigenvalue weighted by molar-refractivity contribution is 9.10. The number of rotatable bonds is 5. The van der Waals surface area contributed by atoms with Crippen molar-refractivity contribution in [2.45, 2.75) is 31.8 Å². The lowest BCUT2D eigenvalue weighted by Crippen LogP contribution is -2.39. The molecule has 0 unspecified atom stereocenters. The van der Waals surface area contributed by atoms with Crippen molar-refractivity contribution in [3.63, 3.8) is 0 Å². The fourth-order valence-corrected chi connectivity index (χ4v) is 3.79. The Morgan fingerprint density at radius 2 is 2.08 bits per heavy atom. The monoisotopic (exact) mass is 405 g/mol. The molecule has 0 N–H and O–H groups in total. The SMILES string of the molecule is CO[C@]1(COc2ccc(Br)cc2[N+](=O)[O-])CCCc2cc(C)ccc21. The maximum atomic E-state index is 11.3. The first-order chi connectivity index (χ1) is 11.9. The molecule has 0 saturated carbocycles. The molecular formula is C19H20BrNO4. The molecule has 0 aromatic heterocycles. The molecule has 0 bridgehead atoms. The molecule has 0 heterocycles. The van der Waals surface area contributed by atoms with Crippen LogP contribution in [0.3, 0.4) is 0 Å². The maximum absolute atomic E-state index is 11.3. The van der Waals surface area contributed by atoms with Gasteiger partial charge in [-0.25, -0.2) is 0 Å². The Balaban J connectivity index is 1.91. The molecule has 1 aliphatic carbocycles. The van der Waals surface area contributed by atoms with Gasteiger partial charge in [-0.3, -0.25) is 10.1 Å². The molecule has 0 radical (unpaired) electrons. The van der Waals surface area contributed by atoms with E-state index >= 15 is 0 Å². The van der Waals surface area contributed by atoms with Crippen molar-refractivity contribution in [1.29, 1.82) is 0 Å². The minimum absolute atomic E-state index is 0.0550. The van der Waals surface area contributed by atoms with E-state index in [-0.39, 0.29) is 18.0 Å². The Hall–Kier alpha value is -1.92. The van der Waals surface area contributed by atoms with Crippen molar-refractivity contribution in [2.75, 3.05) is 13.7 Å². The van der Waals surface area contributed by atoms with Crippen LogP contribution in [0.2, 0.25) is 0 Å². The van der Waals surface area contributed by atoms with Gasteiger partial charge in [0.1, 0.15) is 12.2 Å². The molecule has 132 valence electrons. The van der Waals surface area contributed by atoms with E-state index in [1.165, 1.54) is 17.2 Å². The van der Waals surface area contributed by atoms with Gasteiger partial charge in [-0.05, 0) is 49.4 Å². The number of methoxy groups -OCH3 is 1. The number of fused-ring (bicyclic) bond motifs is 1. The number of aryl methyl sites for hydroxylation is 2. The summed E-state index contributed by atoms with van der Waals surface area (Å²) in [4.78, 5) is 10.9. The van der Waals surface area contributed by atoms with E-state index in [4.69, 9.17) is 9.47 Å². The van der Waals surface area contributed by atoms with Crippen molar-refractivity contribution in [3.8, 4) is 5.75 Å². The van der Waals surface area contributed by atoms with E-state index < -0.39 is 10.5 Å². The number of hydrogen-bond acceptors (Lipinski definition) is 4. The van der Waals surface area contributed by atoms with Gasteiger partial charge >= 0.3 is 5.69 Å². The second-order valence-electron chi connectivity index (χ2n) is 6.37. The van der Waals surface area contributed by atoms with Crippen LogP contribution in [0.4, 0.5) is 5.69 Å². The fraction of sp³-hybridized carbons (Fsp3) is 0.368. The van der Waals surface area contributed by atoms with Gasteiger partial charge in [-0.15, -0.1) is 0 Å². The second-order valence-corrected chi connectivity index (χ2v) is 7.29. The minimum Gasteiger partial charge on any atom is -0.483 e. The molecule has 6 heteroatoms. The van der Waals surface area contributed by atoms with E-state index in [0.717, 1.165) is 24.8 Å². The Morgan fingerprint density at radius 1 is 1.28 bits per heavy atom. The quantitative estimate of drug-likeness (QED) is 0.522. The van der Waals surface area contributed by atoms with Crippen LogP contribution in [0, 0.1) is 17.0 Å². The lowest BCUT2D eigenvalue weighted by atomic mass is 9.79. The standard InChI is InChI=1S/C19H20BrNO4/c1-13-5-7-16-14(10-13)4-3-9-19(16,24-2)12-25-18-8-6-15(20)11-17(18)21(22)23/h5-8,10-11H,3-4,9,12H2,1-2H3/t19-/m0/s1. The van der Waals surface area contributed by atoms with Crippen molar-refractivity contribution >= 4 is 21.6 Å². The number of nitro groups is 1. The molecule has 3 rings (SSSR count). The van der Waals surface area contributed by atoms with Crippen LogP contribution in [-0.4, -0.2) is 18.6 Å². The van der Waals surface area contributed by atoms with Crippen LogP contribution in [0.25, 0.3) is 0 Å². The molecule has 1 atom stereocenters. The summed E-state index contributed by atoms with van der Waals surface area (Å²) in [6.45, 7) is 2.31. The first kappa shape index (κ1) is 17.9. The summed E-state index contributed by atoms with van der Waals surface area (Å²) in [5.74, 6) is 0.254. The van der Waals surface area contributed by atoms with E-state index in [1.807, 2.05) is 0 Å². The summed E-state index contributed by atoms with van der Waals surface area (Å²) in [7, 11) is 1.67. The smallest absolute Gasteiger partial charge is 0.312 e. The normalized spacial score (nSPS) is 19.3. The van der Waals surface area contributed by atoms with Gasteiger partial charge in [0.05, 0.1) is 4.92 Å². The Bertz CT molecular complexity index is 808. The lowest BCUT2D eigenvalue weighted by molar-refractivity contribution is -0.386. The third-order valence-corrected chi connectivity index (χ3v) is 5.24. The van der Waals surface area contributed by atoms with Crippen LogP contribution in [-0.2, 0) is 16.8 Å². The van der Waals surface area contributed by atoms with E-state index in [2.05, 4.69) is 41.1 Å². The summed E-state index contributed by atoms with van der Waals surface area (Å²) >= 11 is 3.26. The van der Waals surface area contributed by atoms with Gasteiger partial charge in [0.15, 0.2) is 5.75 Å². The number of hydrogen-bond donors (Lipinski definition) is 0. The van der Waals surface area contributed by atoms with E-state index in [9.17, 15) is 10.1 Å². The summed E-state index contributed by atoms with van der Waals surface area (Å²) in [6.07, 6.45) is 2.83. The molecule has 2 aromatic rings. The predicted octanol–water partition coefficient (Wildman–Crippen LogP) is 4.92. The van der Waals surface area contributed by atoms with Crippen LogP contribution in [0.5, 0.6) is 5.75 Å². The third kappa shape index (κ3) is 3.55. The average molecular weight is 406 g/mol. The molecule has 0 saturated heterocycles. The average Bonchev–Trinajstić information content (AvgIpc) is 2.60. The molecule has 0 amide bonds. The molecular weight excluding hydrogens is 386 g/mol. The molecule has 0 spiro atoms. The summed E-state index contributed by atoms with van der Waals surface area (Å²) < 4.78 is 12.4. The summed E-state index contributed by atoms with van der Waals surface area (Å²) in [6, 6.07) is 11.1. The molecule has 1 aliphatic rings. The van der Waals surface area contributed by atoms with Crippen LogP contribution in [0.1, 0.15) is 29.5 Å². The number of nitrogens with zero attached hydrogens (tertiary/aromatic N) is 1. The zero-order valence-corrected chi connectivity index (χ0v) is 15.8. The van der Waals surface area contributed by atoms with E-state index in [1.54, 1.807) is 19.2 Å². The molecule has 0 aliphatic heterocycles. The fourth-order valence-electron chi connectivity index (χ4n) is 3.44. The van der Waals surface area contributed by atoms with Crippen LogP contribution < -0.4 is 4.74 Å². The third-order valence-electron chi connectivity index (χ3n) is 4.75. The zero-order chi connectivity index (χ0) is 18.0. The van der Waals surface area contributed by atoms with Crippen molar-refractivity contribution < 1.29 is 14.4 Å². The minimum atomic E-state index is -0.581. The Morgan fingerprint density at radius 3 is 2.80 bits per heavy atom. The number of nitro benzene ring substituents is 1. The van der Waals surface area contributed by atoms with Gasteiger partial charge < -0.3 is 9.47 Å². The summed E-state index contributed by atoms with van der Waals surface area (Å²) in [5, 5.41) is 11.3. The largest absolute Gasteiger partial charge is 0.483 e. The highest BCUT2D eigenvalue weighted by Gasteiger charge is 2.38. The Kier molecular flexibility index (Phi) is 5.11. The van der Waals surface area contributed by atoms with Crippen LogP contribution >= 0.6 is 15.9 Å². The molecule has 25 heavy (non-hydrogen) atoms. The predicted molar refractivity (Wildman–Crippen MR) is 99.1 cm³/mol. The van der Waals surface area contributed by atoms with Crippen LogP contribution in [0.15, 0.2) is 40.9 Å². The van der Waals surface area contributed by atoms with Gasteiger partial charge in [-0.1, -0.05) is 39.7 Å². The highest BCUT2D eigenvalue weighted by atomic mass is 79.9. The number of halogens is 1. The molecule has 0 fully saturated rings. The van der Waals surface area contributed by atoms with Crippen molar-refractivity contribution in [2.24, 2.45) is 0 Å². The number of ether oxygens (including phenoxy) is 2. The first-order valence-electron chi connectivity index (χ1n) is 8.17. The first-order valence-corrected chi connectivity index (χ1v) is 8.96. The second kappa shape index (κ2) is 7.14. The molecule has 5 nitrogen and oxygen atoms in total. The van der Waals surface area contributed by atoms with Crippen molar-refractivity contribution in [3.05, 3.63) is 67.7 Å².